The van der Waals surface area contributed by atoms with Gasteiger partial charge in [-0.2, -0.15) is 0 Å². The molecular weight excluding hydrogens is 342 g/mol. The van der Waals surface area contributed by atoms with E-state index in [-0.39, 0.29) is 12.3 Å². The molecule has 0 bridgehead atoms. The second-order valence-electron chi connectivity index (χ2n) is 5.85. The minimum atomic E-state index is -0.112. The monoisotopic (exact) mass is 363 g/mol. The van der Waals surface area contributed by atoms with Gasteiger partial charge in [0.05, 0.1) is 20.6 Å². The molecule has 5 heteroatoms. The molecule has 0 radical (unpaired) electrons. The molecule has 0 aromatic heterocycles. The highest BCUT2D eigenvalue weighted by atomic mass is 16.5. The van der Waals surface area contributed by atoms with Crippen molar-refractivity contribution in [3.05, 3.63) is 78.4 Å². The van der Waals surface area contributed by atoms with E-state index in [0.29, 0.717) is 22.9 Å². The molecule has 0 saturated carbocycles. The highest BCUT2D eigenvalue weighted by Crippen LogP contribution is 2.28. The van der Waals surface area contributed by atoms with Crippen LogP contribution < -0.4 is 19.5 Å². The number of hydrogen-bond donors (Lipinski definition) is 1. The van der Waals surface area contributed by atoms with E-state index in [2.05, 4.69) is 5.32 Å². The van der Waals surface area contributed by atoms with Crippen LogP contribution in [0.4, 0.5) is 5.69 Å². The molecular formula is C22H21NO4. The predicted molar refractivity (Wildman–Crippen MR) is 105 cm³/mol. The molecule has 0 saturated heterocycles. The summed E-state index contributed by atoms with van der Waals surface area (Å²) in [7, 11) is 3.15. The standard InChI is InChI=1S/C22H21NO4/c1-25-20-13-8-16(14-21(20)26-2)15-22(24)23-17-9-11-19(12-10-17)27-18-6-4-3-5-7-18/h3-14H,15H2,1-2H3,(H,23,24). The zero-order chi connectivity index (χ0) is 19.1. The van der Waals surface area contributed by atoms with Crippen molar-refractivity contribution in [3.63, 3.8) is 0 Å². The maximum atomic E-state index is 12.3. The molecule has 1 amide bonds. The molecule has 0 fully saturated rings. The van der Waals surface area contributed by atoms with Crippen LogP contribution in [0.3, 0.4) is 0 Å². The molecule has 1 N–H and O–H groups in total. The Balaban J connectivity index is 1.59. The van der Waals surface area contributed by atoms with E-state index in [1.54, 1.807) is 26.4 Å². The van der Waals surface area contributed by atoms with Crippen molar-refractivity contribution in [2.75, 3.05) is 19.5 Å². The number of hydrogen-bond acceptors (Lipinski definition) is 4. The Kier molecular flexibility index (Phi) is 5.94. The van der Waals surface area contributed by atoms with Crippen LogP contribution in [0.15, 0.2) is 72.8 Å². The summed E-state index contributed by atoms with van der Waals surface area (Å²) in [5.41, 5.74) is 1.55. The molecule has 3 rings (SSSR count). The molecule has 0 aliphatic rings. The minimum Gasteiger partial charge on any atom is -0.493 e. The van der Waals surface area contributed by atoms with Crippen molar-refractivity contribution in [2.45, 2.75) is 6.42 Å². The minimum absolute atomic E-state index is 0.112. The average molecular weight is 363 g/mol. The predicted octanol–water partition coefficient (Wildman–Crippen LogP) is 4.68. The molecule has 0 aliphatic heterocycles. The lowest BCUT2D eigenvalue weighted by Gasteiger charge is -2.10. The molecule has 27 heavy (non-hydrogen) atoms. The highest BCUT2D eigenvalue weighted by Gasteiger charge is 2.09. The second-order valence-corrected chi connectivity index (χ2v) is 5.85. The van der Waals surface area contributed by atoms with Gasteiger partial charge in [0.1, 0.15) is 11.5 Å². The van der Waals surface area contributed by atoms with Crippen LogP contribution in [-0.4, -0.2) is 20.1 Å². The third-order valence-corrected chi connectivity index (χ3v) is 3.93. The summed E-state index contributed by atoms with van der Waals surface area (Å²) in [5.74, 6) is 2.60. The lowest BCUT2D eigenvalue weighted by atomic mass is 10.1. The molecule has 138 valence electrons. The fourth-order valence-electron chi connectivity index (χ4n) is 2.61. The summed E-state index contributed by atoms with van der Waals surface area (Å²) in [6, 6.07) is 22.2. The fraction of sp³-hybridized carbons (Fsp3) is 0.136. The number of benzene rings is 3. The number of amides is 1. The number of methoxy groups -OCH3 is 2. The summed E-state index contributed by atoms with van der Waals surface area (Å²) in [6.45, 7) is 0. The van der Waals surface area contributed by atoms with Crippen LogP contribution >= 0.6 is 0 Å². The third-order valence-electron chi connectivity index (χ3n) is 3.93. The number of ether oxygens (including phenoxy) is 3. The molecule has 0 unspecified atom stereocenters. The number of carbonyl (C=O) groups is 1. The molecule has 0 atom stereocenters. The number of carbonyl (C=O) groups excluding carboxylic acids is 1. The van der Waals surface area contributed by atoms with E-state index in [1.807, 2.05) is 60.7 Å². The van der Waals surface area contributed by atoms with Gasteiger partial charge in [0.25, 0.3) is 0 Å². The van der Waals surface area contributed by atoms with Crippen LogP contribution in [0.5, 0.6) is 23.0 Å². The summed E-state index contributed by atoms with van der Waals surface area (Å²) >= 11 is 0. The van der Waals surface area contributed by atoms with E-state index < -0.39 is 0 Å². The van der Waals surface area contributed by atoms with Crippen LogP contribution in [0, 0.1) is 0 Å². The zero-order valence-electron chi connectivity index (χ0n) is 15.3. The Morgan fingerprint density at radius 2 is 1.48 bits per heavy atom. The summed E-state index contributed by atoms with van der Waals surface area (Å²) in [4.78, 5) is 12.3. The van der Waals surface area contributed by atoms with Gasteiger partial charge in [-0.15, -0.1) is 0 Å². The maximum Gasteiger partial charge on any atom is 0.228 e. The van der Waals surface area contributed by atoms with Crippen molar-refractivity contribution >= 4 is 11.6 Å². The van der Waals surface area contributed by atoms with Gasteiger partial charge in [0, 0.05) is 5.69 Å². The molecule has 3 aromatic rings. The Morgan fingerprint density at radius 3 is 2.15 bits per heavy atom. The topological polar surface area (TPSA) is 56.8 Å². The van der Waals surface area contributed by atoms with E-state index in [4.69, 9.17) is 14.2 Å². The van der Waals surface area contributed by atoms with Gasteiger partial charge in [-0.25, -0.2) is 0 Å². The van der Waals surface area contributed by atoms with Gasteiger partial charge < -0.3 is 19.5 Å². The maximum absolute atomic E-state index is 12.3. The highest BCUT2D eigenvalue weighted by molar-refractivity contribution is 5.92. The van der Waals surface area contributed by atoms with Crippen molar-refractivity contribution in [1.29, 1.82) is 0 Å². The number of anilines is 1. The van der Waals surface area contributed by atoms with Crippen molar-refractivity contribution < 1.29 is 19.0 Å². The van der Waals surface area contributed by atoms with Crippen molar-refractivity contribution in [1.82, 2.24) is 0 Å². The van der Waals surface area contributed by atoms with Gasteiger partial charge >= 0.3 is 0 Å². The molecule has 0 heterocycles. The first kappa shape index (κ1) is 18.3. The zero-order valence-corrected chi connectivity index (χ0v) is 15.3. The van der Waals surface area contributed by atoms with Gasteiger partial charge in [0.15, 0.2) is 11.5 Å². The molecule has 5 nitrogen and oxygen atoms in total. The van der Waals surface area contributed by atoms with Gasteiger partial charge in [-0.05, 0) is 54.1 Å². The van der Waals surface area contributed by atoms with Crippen LogP contribution in [0.25, 0.3) is 0 Å². The van der Waals surface area contributed by atoms with Crippen LogP contribution in [-0.2, 0) is 11.2 Å². The quantitative estimate of drug-likeness (QED) is 0.662. The first-order chi connectivity index (χ1) is 13.2. The third kappa shape index (κ3) is 5.01. The van der Waals surface area contributed by atoms with E-state index >= 15 is 0 Å². The second kappa shape index (κ2) is 8.76. The van der Waals surface area contributed by atoms with E-state index in [0.717, 1.165) is 11.3 Å². The Labute approximate surface area is 158 Å². The molecule has 0 spiro atoms. The van der Waals surface area contributed by atoms with Crippen molar-refractivity contribution in [3.8, 4) is 23.0 Å². The summed E-state index contributed by atoms with van der Waals surface area (Å²) in [6.07, 6.45) is 0.239. The average Bonchev–Trinajstić information content (AvgIpc) is 2.70. The first-order valence-electron chi connectivity index (χ1n) is 8.51. The molecule has 3 aromatic carbocycles. The van der Waals surface area contributed by atoms with Gasteiger partial charge in [-0.1, -0.05) is 24.3 Å². The van der Waals surface area contributed by atoms with Crippen molar-refractivity contribution in [2.24, 2.45) is 0 Å². The Morgan fingerprint density at radius 1 is 0.815 bits per heavy atom. The van der Waals surface area contributed by atoms with Gasteiger partial charge in [0.2, 0.25) is 5.91 Å². The summed E-state index contributed by atoms with van der Waals surface area (Å²) in [5, 5.41) is 2.88. The first-order valence-corrected chi connectivity index (χ1v) is 8.51. The number of rotatable bonds is 7. The molecule has 0 aliphatic carbocycles. The Bertz CT molecular complexity index is 892. The SMILES string of the molecule is COc1ccc(CC(=O)Nc2ccc(Oc3ccccc3)cc2)cc1OC. The Hall–Kier alpha value is -3.47. The van der Waals surface area contributed by atoms with E-state index in [1.165, 1.54) is 0 Å². The lowest BCUT2D eigenvalue weighted by Crippen LogP contribution is -2.14. The normalized spacial score (nSPS) is 10.1. The summed E-state index contributed by atoms with van der Waals surface area (Å²) < 4.78 is 16.2. The smallest absolute Gasteiger partial charge is 0.228 e. The van der Waals surface area contributed by atoms with Crippen LogP contribution in [0.1, 0.15) is 5.56 Å². The number of nitrogens with one attached hydrogen (secondary N) is 1. The fourth-order valence-corrected chi connectivity index (χ4v) is 2.61. The van der Waals surface area contributed by atoms with E-state index in [9.17, 15) is 4.79 Å². The lowest BCUT2D eigenvalue weighted by molar-refractivity contribution is -0.115. The van der Waals surface area contributed by atoms with Crippen LogP contribution in [0.2, 0.25) is 0 Å². The van der Waals surface area contributed by atoms with Gasteiger partial charge in [-0.3, -0.25) is 4.79 Å². The number of para-hydroxylation sites is 1. The largest absolute Gasteiger partial charge is 0.493 e.